The van der Waals surface area contributed by atoms with E-state index in [0.717, 1.165) is 4.90 Å². The quantitative estimate of drug-likeness (QED) is 0.878. The van der Waals surface area contributed by atoms with Gasteiger partial charge >= 0.3 is 6.09 Å². The minimum absolute atomic E-state index is 0.0599. The number of ether oxygens (including phenoxy) is 1. The number of likely N-dealkylation sites (tertiary alicyclic amines) is 1. The third kappa shape index (κ3) is 3.58. The van der Waals surface area contributed by atoms with Gasteiger partial charge in [0, 0.05) is 7.05 Å². The normalized spacial score (nSPS) is 23.9. The monoisotopic (exact) mass is 339 g/mol. The van der Waals surface area contributed by atoms with Crippen molar-refractivity contribution in [3.8, 4) is 5.75 Å². The van der Waals surface area contributed by atoms with E-state index < -0.39 is 29.8 Å². The molecule has 2 N–H and O–H groups in total. The Labute approximate surface area is 139 Å². The summed E-state index contributed by atoms with van der Waals surface area (Å²) in [7, 11) is 1.49. The molecule has 1 aliphatic heterocycles. The number of nitrogens with one attached hydrogen (secondary N) is 1. The summed E-state index contributed by atoms with van der Waals surface area (Å²) in [5.74, 6) is -0.0502. The van der Waals surface area contributed by atoms with Gasteiger partial charge in [-0.3, -0.25) is 9.69 Å². The SMILES string of the molecule is CNC(=O)c1ccc(O[C@H]2CN(C(=O)O)C(C(C)(C)C)[C@@H]2F)cn1. The maximum atomic E-state index is 14.8. The standard InChI is InChI=1S/C16H22FN3O4/c1-16(2,3)13-12(17)11(8-20(13)15(22)23)24-9-5-6-10(19-7-9)14(21)18-4/h5-7,11-13H,8H2,1-4H3,(H,18,21)(H,22,23)/t11-,12+,13?/m0/s1. The van der Waals surface area contributed by atoms with Crippen LogP contribution in [0.3, 0.4) is 0 Å². The molecule has 1 saturated heterocycles. The van der Waals surface area contributed by atoms with Crippen molar-refractivity contribution in [2.45, 2.75) is 39.1 Å². The van der Waals surface area contributed by atoms with Gasteiger partial charge < -0.3 is 15.2 Å². The molecule has 3 atom stereocenters. The van der Waals surface area contributed by atoms with Gasteiger partial charge in [-0.15, -0.1) is 0 Å². The van der Waals surface area contributed by atoms with Gasteiger partial charge in [-0.05, 0) is 17.5 Å². The number of alkyl halides is 1. The number of pyridine rings is 1. The van der Waals surface area contributed by atoms with Crippen LogP contribution in [0.1, 0.15) is 31.3 Å². The van der Waals surface area contributed by atoms with E-state index in [2.05, 4.69) is 10.3 Å². The molecule has 132 valence electrons. The molecule has 1 aliphatic rings. The Kier molecular flexibility index (Phi) is 4.96. The van der Waals surface area contributed by atoms with Crippen molar-refractivity contribution in [3.63, 3.8) is 0 Å². The summed E-state index contributed by atoms with van der Waals surface area (Å²) >= 11 is 0. The van der Waals surface area contributed by atoms with Crippen LogP contribution in [0.5, 0.6) is 5.75 Å². The highest BCUT2D eigenvalue weighted by molar-refractivity contribution is 5.91. The first kappa shape index (κ1) is 18.0. The van der Waals surface area contributed by atoms with Gasteiger partial charge in [0.25, 0.3) is 5.91 Å². The van der Waals surface area contributed by atoms with E-state index in [1.54, 1.807) is 20.8 Å². The largest absolute Gasteiger partial charge is 0.484 e. The second kappa shape index (κ2) is 6.62. The smallest absolute Gasteiger partial charge is 0.407 e. The number of amides is 2. The third-order valence-electron chi connectivity index (χ3n) is 3.99. The lowest BCUT2D eigenvalue weighted by Crippen LogP contribution is -2.46. The predicted molar refractivity (Wildman–Crippen MR) is 84.9 cm³/mol. The number of carbonyl (C=O) groups is 2. The van der Waals surface area contributed by atoms with E-state index in [1.807, 2.05) is 0 Å². The average molecular weight is 339 g/mol. The zero-order valence-electron chi connectivity index (χ0n) is 14.1. The summed E-state index contributed by atoms with van der Waals surface area (Å²) in [6, 6.07) is 2.19. The van der Waals surface area contributed by atoms with Gasteiger partial charge in [-0.25, -0.2) is 14.2 Å². The molecule has 0 saturated carbocycles. The summed E-state index contributed by atoms with van der Waals surface area (Å²) in [6.07, 6.45) is -2.22. The van der Waals surface area contributed by atoms with Crippen molar-refractivity contribution >= 4 is 12.0 Å². The Balaban J connectivity index is 2.15. The topological polar surface area (TPSA) is 91.8 Å². The zero-order valence-corrected chi connectivity index (χ0v) is 14.1. The number of rotatable bonds is 3. The molecule has 0 bridgehead atoms. The number of hydrogen-bond donors (Lipinski definition) is 2. The summed E-state index contributed by atoms with van der Waals surface area (Å²) in [4.78, 5) is 27.9. The van der Waals surface area contributed by atoms with Crippen LogP contribution in [0.15, 0.2) is 18.3 Å². The molecule has 1 aromatic heterocycles. The van der Waals surface area contributed by atoms with Gasteiger partial charge in [-0.2, -0.15) is 0 Å². The molecule has 7 nitrogen and oxygen atoms in total. The molecule has 0 spiro atoms. The molecule has 1 aromatic rings. The fraction of sp³-hybridized carbons (Fsp3) is 0.562. The Bertz CT molecular complexity index is 615. The zero-order chi connectivity index (χ0) is 18.1. The minimum Gasteiger partial charge on any atom is -0.484 e. The molecule has 0 aromatic carbocycles. The highest BCUT2D eigenvalue weighted by atomic mass is 19.1. The first-order valence-corrected chi connectivity index (χ1v) is 7.63. The van der Waals surface area contributed by atoms with Crippen molar-refractivity contribution in [2.24, 2.45) is 5.41 Å². The first-order chi connectivity index (χ1) is 11.1. The maximum absolute atomic E-state index is 14.8. The maximum Gasteiger partial charge on any atom is 0.407 e. The summed E-state index contributed by atoms with van der Waals surface area (Å²) in [5.41, 5.74) is -0.343. The molecule has 24 heavy (non-hydrogen) atoms. The molecule has 0 aliphatic carbocycles. The first-order valence-electron chi connectivity index (χ1n) is 7.63. The number of hydrogen-bond acceptors (Lipinski definition) is 4. The van der Waals surface area contributed by atoms with Crippen LogP contribution >= 0.6 is 0 Å². The van der Waals surface area contributed by atoms with Crippen LogP contribution < -0.4 is 10.1 Å². The van der Waals surface area contributed by atoms with E-state index in [-0.39, 0.29) is 23.9 Å². The van der Waals surface area contributed by atoms with E-state index in [9.17, 15) is 19.1 Å². The molecule has 2 rings (SSSR count). The van der Waals surface area contributed by atoms with Crippen molar-refractivity contribution in [1.82, 2.24) is 15.2 Å². The van der Waals surface area contributed by atoms with E-state index in [0.29, 0.717) is 0 Å². The highest BCUT2D eigenvalue weighted by Crippen LogP contribution is 2.36. The Morgan fingerprint density at radius 1 is 1.42 bits per heavy atom. The molecule has 1 unspecified atom stereocenters. The van der Waals surface area contributed by atoms with Crippen molar-refractivity contribution in [1.29, 1.82) is 0 Å². The van der Waals surface area contributed by atoms with E-state index in [4.69, 9.17) is 4.74 Å². The lowest BCUT2D eigenvalue weighted by molar-refractivity contribution is 0.0685. The van der Waals surface area contributed by atoms with E-state index >= 15 is 0 Å². The molecule has 2 amide bonds. The van der Waals surface area contributed by atoms with Crippen LogP contribution in [0, 0.1) is 5.41 Å². The predicted octanol–water partition coefficient (Wildman–Crippen LogP) is 1.93. The van der Waals surface area contributed by atoms with Crippen LogP contribution in [0.25, 0.3) is 0 Å². The lowest BCUT2D eigenvalue weighted by atomic mass is 9.84. The fourth-order valence-electron chi connectivity index (χ4n) is 2.92. The molecular weight excluding hydrogens is 317 g/mol. The minimum atomic E-state index is -1.46. The Morgan fingerprint density at radius 3 is 2.50 bits per heavy atom. The highest BCUT2D eigenvalue weighted by Gasteiger charge is 2.51. The van der Waals surface area contributed by atoms with Gasteiger partial charge in [0.05, 0.1) is 18.8 Å². The van der Waals surface area contributed by atoms with Gasteiger partial charge in [0.1, 0.15) is 17.5 Å². The van der Waals surface area contributed by atoms with Crippen LogP contribution in [0.2, 0.25) is 0 Å². The van der Waals surface area contributed by atoms with Gasteiger partial charge in [0.2, 0.25) is 0 Å². The number of halogens is 1. The Hall–Kier alpha value is -2.38. The fourth-order valence-corrected chi connectivity index (χ4v) is 2.92. The molecular formula is C16H22FN3O4. The van der Waals surface area contributed by atoms with Crippen molar-refractivity contribution in [2.75, 3.05) is 13.6 Å². The second-order valence-corrected chi connectivity index (χ2v) is 6.80. The summed E-state index contributed by atoms with van der Waals surface area (Å²) in [6.45, 7) is 5.32. The van der Waals surface area contributed by atoms with E-state index in [1.165, 1.54) is 25.4 Å². The number of aromatic nitrogens is 1. The number of carboxylic acid groups (broad SMARTS) is 1. The molecule has 0 radical (unpaired) electrons. The number of nitrogens with zero attached hydrogens (tertiary/aromatic N) is 2. The average Bonchev–Trinajstić information content (AvgIpc) is 2.84. The second-order valence-electron chi connectivity index (χ2n) is 6.80. The lowest BCUT2D eigenvalue weighted by Gasteiger charge is -2.33. The summed E-state index contributed by atoms with van der Waals surface area (Å²) in [5, 5.41) is 11.8. The molecule has 8 heteroatoms. The van der Waals surface area contributed by atoms with Crippen molar-refractivity contribution in [3.05, 3.63) is 24.0 Å². The van der Waals surface area contributed by atoms with Gasteiger partial charge in [-0.1, -0.05) is 20.8 Å². The molecule has 2 heterocycles. The van der Waals surface area contributed by atoms with Crippen LogP contribution in [-0.4, -0.2) is 58.9 Å². The van der Waals surface area contributed by atoms with Crippen molar-refractivity contribution < 1.29 is 23.8 Å². The molecule has 1 fully saturated rings. The van der Waals surface area contributed by atoms with Crippen LogP contribution in [-0.2, 0) is 0 Å². The summed E-state index contributed by atoms with van der Waals surface area (Å²) < 4.78 is 20.4. The third-order valence-corrected chi connectivity index (χ3v) is 3.99. The number of carbonyl (C=O) groups excluding carboxylic acids is 1. The Morgan fingerprint density at radius 2 is 2.08 bits per heavy atom. The van der Waals surface area contributed by atoms with Gasteiger partial charge in [0.15, 0.2) is 6.17 Å². The van der Waals surface area contributed by atoms with Crippen LogP contribution in [0.4, 0.5) is 9.18 Å².